The van der Waals surface area contributed by atoms with Gasteiger partial charge in [0.05, 0.1) is 16.0 Å². The number of halogens is 4. The predicted octanol–water partition coefficient (Wildman–Crippen LogP) is 3.17. The number of rotatable bonds is 2. The van der Waals surface area contributed by atoms with E-state index in [1.165, 1.54) is 11.8 Å². The van der Waals surface area contributed by atoms with E-state index in [4.69, 9.17) is 11.6 Å². The van der Waals surface area contributed by atoms with E-state index in [0.29, 0.717) is 6.42 Å². The van der Waals surface area contributed by atoms with Crippen LogP contribution in [0.3, 0.4) is 0 Å². The third kappa shape index (κ3) is 3.51. The number of carbonyl (C=O) groups excluding carboxylic acids is 1. The first-order valence-corrected chi connectivity index (χ1v) is 8.29. The number of amides is 1. The molecular formula is C11H15BrClF2NOS. The Hall–Kier alpha value is 0.450. The van der Waals surface area contributed by atoms with Crippen molar-refractivity contribution in [1.82, 2.24) is 5.32 Å². The summed E-state index contributed by atoms with van der Waals surface area (Å²) in [6.07, 6.45) is -0.860. The normalized spacial score (nSPS) is 44.9. The zero-order valence-electron chi connectivity index (χ0n) is 9.62. The second-order valence-corrected chi connectivity index (χ2v) is 8.12. The summed E-state index contributed by atoms with van der Waals surface area (Å²) >= 11 is 10.6. The fourth-order valence-corrected chi connectivity index (χ4v) is 4.79. The molecule has 2 aliphatic rings. The third-order valence-electron chi connectivity index (χ3n) is 3.31. The van der Waals surface area contributed by atoms with Crippen molar-refractivity contribution in [3.63, 3.8) is 0 Å². The minimum atomic E-state index is -1.33. The van der Waals surface area contributed by atoms with Gasteiger partial charge in [-0.25, -0.2) is 8.78 Å². The van der Waals surface area contributed by atoms with Crippen molar-refractivity contribution in [1.29, 1.82) is 0 Å². The molecule has 1 aliphatic carbocycles. The Kier molecular flexibility index (Phi) is 5.17. The molecule has 6 atom stereocenters. The SMILES string of the molecule is O=C(NC1C(F)CC(F)CC1Br)C1CCC(Cl)S1. The van der Waals surface area contributed by atoms with Gasteiger partial charge < -0.3 is 5.32 Å². The first-order valence-electron chi connectivity index (χ1n) is 5.99. The number of alkyl halides is 4. The summed E-state index contributed by atoms with van der Waals surface area (Å²) in [4.78, 5) is 11.6. The van der Waals surface area contributed by atoms with Crippen LogP contribution in [0.2, 0.25) is 0 Å². The lowest BCUT2D eigenvalue weighted by molar-refractivity contribution is -0.122. The van der Waals surface area contributed by atoms with Crippen LogP contribution >= 0.6 is 39.3 Å². The van der Waals surface area contributed by atoms with Gasteiger partial charge in [0.1, 0.15) is 12.3 Å². The molecular weight excluding hydrogens is 348 g/mol. The average Bonchev–Trinajstić information content (AvgIpc) is 2.70. The van der Waals surface area contributed by atoms with Crippen molar-refractivity contribution in [2.45, 2.75) is 58.9 Å². The van der Waals surface area contributed by atoms with Crippen LogP contribution < -0.4 is 5.32 Å². The molecule has 2 rings (SSSR count). The lowest BCUT2D eigenvalue weighted by Gasteiger charge is -2.33. The number of thioether (sulfide) groups is 1. The van der Waals surface area contributed by atoms with Gasteiger partial charge in [0.2, 0.25) is 5.91 Å². The van der Waals surface area contributed by atoms with Crippen LogP contribution in [0.5, 0.6) is 0 Å². The van der Waals surface area contributed by atoms with E-state index < -0.39 is 18.4 Å². The maximum absolute atomic E-state index is 13.8. The predicted molar refractivity (Wildman–Crippen MR) is 73.9 cm³/mol. The van der Waals surface area contributed by atoms with Crippen LogP contribution in [0.15, 0.2) is 0 Å². The van der Waals surface area contributed by atoms with Crippen LogP contribution in [0.1, 0.15) is 25.7 Å². The van der Waals surface area contributed by atoms with Crippen LogP contribution in [-0.4, -0.2) is 39.1 Å². The highest BCUT2D eigenvalue weighted by Crippen LogP contribution is 2.36. The largest absolute Gasteiger partial charge is 0.348 e. The van der Waals surface area contributed by atoms with E-state index in [0.717, 1.165) is 6.42 Å². The molecule has 18 heavy (non-hydrogen) atoms. The Morgan fingerprint density at radius 3 is 2.61 bits per heavy atom. The van der Waals surface area contributed by atoms with Gasteiger partial charge in [0, 0.05) is 11.2 Å². The summed E-state index contributed by atoms with van der Waals surface area (Å²) in [6, 6.07) is -0.639. The van der Waals surface area contributed by atoms with E-state index in [2.05, 4.69) is 21.2 Å². The highest BCUT2D eigenvalue weighted by atomic mass is 79.9. The lowest BCUT2D eigenvalue weighted by Crippen LogP contribution is -2.53. The molecule has 1 N–H and O–H groups in total. The van der Waals surface area contributed by atoms with Crippen molar-refractivity contribution < 1.29 is 13.6 Å². The minimum absolute atomic E-state index is 0.0386. The molecule has 2 nitrogen and oxygen atoms in total. The van der Waals surface area contributed by atoms with Crippen molar-refractivity contribution in [3.05, 3.63) is 0 Å². The third-order valence-corrected chi connectivity index (χ3v) is 6.09. The number of carbonyl (C=O) groups is 1. The summed E-state index contributed by atoms with van der Waals surface area (Å²) in [7, 11) is 0. The van der Waals surface area contributed by atoms with Gasteiger partial charge in [0.25, 0.3) is 0 Å². The lowest BCUT2D eigenvalue weighted by atomic mass is 9.92. The second kappa shape index (κ2) is 6.27. The highest BCUT2D eigenvalue weighted by Gasteiger charge is 2.39. The summed E-state index contributed by atoms with van der Waals surface area (Å²) in [5.74, 6) is -0.183. The molecule has 0 spiro atoms. The van der Waals surface area contributed by atoms with E-state index in [1.54, 1.807) is 0 Å². The standard InChI is InChI=1S/C11H15BrClF2NOS/c12-6-3-5(14)4-7(15)10(6)16-11(17)8-1-2-9(13)18-8/h5-10H,1-4H2,(H,16,17). The molecule has 7 heteroatoms. The molecule has 6 unspecified atom stereocenters. The van der Waals surface area contributed by atoms with Gasteiger partial charge >= 0.3 is 0 Å². The van der Waals surface area contributed by atoms with Crippen molar-refractivity contribution in [2.24, 2.45) is 0 Å². The van der Waals surface area contributed by atoms with Crippen LogP contribution in [0.4, 0.5) is 8.78 Å². The summed E-state index contributed by atoms with van der Waals surface area (Å²) in [6.45, 7) is 0. The van der Waals surface area contributed by atoms with Gasteiger partial charge in [-0.1, -0.05) is 15.9 Å². The number of nitrogens with one attached hydrogen (secondary N) is 1. The van der Waals surface area contributed by atoms with Crippen molar-refractivity contribution >= 4 is 45.2 Å². The number of hydrogen-bond acceptors (Lipinski definition) is 2. The van der Waals surface area contributed by atoms with Crippen LogP contribution in [-0.2, 0) is 4.79 Å². The molecule has 1 saturated carbocycles. The molecule has 0 aromatic heterocycles. The van der Waals surface area contributed by atoms with E-state index >= 15 is 0 Å². The first-order chi connectivity index (χ1) is 8.47. The maximum Gasteiger partial charge on any atom is 0.233 e. The smallest absolute Gasteiger partial charge is 0.233 e. The van der Waals surface area contributed by atoms with E-state index in [9.17, 15) is 13.6 Å². The molecule has 1 amide bonds. The minimum Gasteiger partial charge on any atom is -0.348 e. The summed E-state index contributed by atoms with van der Waals surface area (Å²) in [5, 5.41) is 2.49. The van der Waals surface area contributed by atoms with Gasteiger partial charge in [-0.2, -0.15) is 0 Å². The number of hydrogen-bond donors (Lipinski definition) is 1. The topological polar surface area (TPSA) is 29.1 Å². The molecule has 2 fully saturated rings. The fourth-order valence-electron chi connectivity index (χ4n) is 2.33. The quantitative estimate of drug-likeness (QED) is 0.765. The summed E-state index contributed by atoms with van der Waals surface area (Å²) in [5.41, 5.74) is 0. The molecule has 0 aromatic rings. The van der Waals surface area contributed by atoms with E-state index in [1.807, 2.05) is 0 Å². The monoisotopic (exact) mass is 361 g/mol. The molecule has 104 valence electrons. The first kappa shape index (κ1) is 14.9. The molecule has 1 saturated heterocycles. The molecule has 0 bridgehead atoms. The molecule has 0 radical (unpaired) electrons. The Balaban J connectivity index is 1.90. The second-order valence-electron chi connectivity index (χ2n) is 4.75. The molecule has 1 heterocycles. The molecule has 1 aliphatic heterocycles. The zero-order valence-corrected chi connectivity index (χ0v) is 12.8. The maximum atomic E-state index is 13.8. The van der Waals surface area contributed by atoms with Gasteiger partial charge in [-0.05, 0) is 19.3 Å². The Morgan fingerprint density at radius 1 is 1.33 bits per heavy atom. The molecule has 0 aromatic carbocycles. The van der Waals surface area contributed by atoms with Crippen LogP contribution in [0, 0.1) is 0 Å². The Bertz CT molecular complexity index is 313. The summed E-state index contributed by atoms with van der Waals surface area (Å²) < 4.78 is 26.9. The van der Waals surface area contributed by atoms with Gasteiger partial charge in [-0.3, -0.25) is 4.79 Å². The average molecular weight is 363 g/mol. The van der Waals surface area contributed by atoms with Crippen molar-refractivity contribution in [2.75, 3.05) is 0 Å². The van der Waals surface area contributed by atoms with Gasteiger partial charge in [-0.15, -0.1) is 23.4 Å². The van der Waals surface area contributed by atoms with E-state index in [-0.39, 0.29) is 33.5 Å². The van der Waals surface area contributed by atoms with Gasteiger partial charge in [0.15, 0.2) is 0 Å². The Morgan fingerprint density at radius 2 is 2.06 bits per heavy atom. The van der Waals surface area contributed by atoms with Crippen molar-refractivity contribution in [3.8, 4) is 0 Å². The zero-order chi connectivity index (χ0) is 13.3. The highest BCUT2D eigenvalue weighted by molar-refractivity contribution is 9.09. The van der Waals surface area contributed by atoms with Crippen LogP contribution in [0.25, 0.3) is 0 Å². The Labute approximate surface area is 123 Å². The fraction of sp³-hybridized carbons (Fsp3) is 0.909.